The van der Waals surface area contributed by atoms with Crippen molar-refractivity contribution >= 4 is 17.2 Å². The Balaban J connectivity index is 1.25. The SMILES string of the molecule is O=C(C[NH+]1CCc2sccc2[C@H]1C1CC1)NCCc1ccc(OC(F)F)cc1. The highest BCUT2D eigenvalue weighted by molar-refractivity contribution is 7.10. The third-order valence-corrected chi connectivity index (χ3v) is 6.59. The van der Waals surface area contributed by atoms with Crippen LogP contribution in [0.15, 0.2) is 35.7 Å². The van der Waals surface area contributed by atoms with Gasteiger partial charge in [-0.1, -0.05) is 12.1 Å². The smallest absolute Gasteiger partial charge is 0.387 e. The standard InChI is InChI=1S/C21H24F2N2O2S/c22-21(23)27-16-5-1-14(2-6-16)7-10-24-19(26)13-25-11-8-18-17(9-12-28-18)20(25)15-3-4-15/h1-2,5-6,9,12,15,20-21H,3-4,7-8,10-11,13H2,(H,24,26)/p+1/t20-/m1/s1. The molecule has 0 bridgehead atoms. The van der Waals surface area contributed by atoms with E-state index in [-0.39, 0.29) is 11.7 Å². The van der Waals surface area contributed by atoms with Crippen LogP contribution in [0.25, 0.3) is 0 Å². The molecular formula is C21H25F2N2O2S+. The van der Waals surface area contributed by atoms with Crippen molar-refractivity contribution in [3.8, 4) is 5.75 Å². The molecule has 1 aliphatic heterocycles. The second-order valence-corrected chi connectivity index (χ2v) is 8.57. The van der Waals surface area contributed by atoms with Crippen molar-refractivity contribution in [1.29, 1.82) is 0 Å². The number of ether oxygens (including phenoxy) is 1. The van der Waals surface area contributed by atoms with Crippen molar-refractivity contribution in [2.75, 3.05) is 19.6 Å². The van der Waals surface area contributed by atoms with E-state index in [0.29, 0.717) is 25.6 Å². The summed E-state index contributed by atoms with van der Waals surface area (Å²) in [6.07, 6.45) is 4.27. The number of rotatable bonds is 8. The first-order valence-electron chi connectivity index (χ1n) is 9.81. The van der Waals surface area contributed by atoms with Crippen molar-refractivity contribution in [2.45, 2.75) is 38.3 Å². The van der Waals surface area contributed by atoms with Gasteiger partial charge in [-0.2, -0.15) is 8.78 Å². The van der Waals surface area contributed by atoms with Crippen molar-refractivity contribution in [2.24, 2.45) is 5.92 Å². The van der Waals surface area contributed by atoms with E-state index in [1.807, 2.05) is 11.3 Å². The van der Waals surface area contributed by atoms with Gasteiger partial charge in [0.15, 0.2) is 6.54 Å². The first-order valence-corrected chi connectivity index (χ1v) is 10.7. The molecule has 2 aliphatic rings. The minimum atomic E-state index is -2.81. The van der Waals surface area contributed by atoms with Crippen LogP contribution in [0.1, 0.15) is 34.9 Å². The number of alkyl halides is 2. The molecule has 7 heteroatoms. The Hall–Kier alpha value is -1.99. The van der Waals surface area contributed by atoms with Crippen molar-refractivity contribution in [1.82, 2.24) is 5.32 Å². The Morgan fingerprint density at radius 2 is 2.04 bits per heavy atom. The molecule has 4 nitrogen and oxygen atoms in total. The fourth-order valence-electron chi connectivity index (χ4n) is 4.15. The third kappa shape index (κ3) is 4.70. The molecule has 150 valence electrons. The topological polar surface area (TPSA) is 42.8 Å². The molecule has 1 saturated carbocycles. The monoisotopic (exact) mass is 407 g/mol. The first kappa shape index (κ1) is 19.3. The minimum absolute atomic E-state index is 0.0805. The highest BCUT2D eigenvalue weighted by atomic mass is 32.1. The maximum atomic E-state index is 12.5. The Labute approximate surface area is 167 Å². The molecular weight excluding hydrogens is 382 g/mol. The highest BCUT2D eigenvalue weighted by Gasteiger charge is 2.43. The summed E-state index contributed by atoms with van der Waals surface area (Å²) < 4.78 is 28.7. The maximum Gasteiger partial charge on any atom is 0.387 e. The van der Waals surface area contributed by atoms with E-state index in [1.54, 1.807) is 12.1 Å². The van der Waals surface area contributed by atoms with Gasteiger partial charge in [0.25, 0.3) is 5.91 Å². The Kier molecular flexibility index (Phi) is 5.92. The molecule has 28 heavy (non-hydrogen) atoms. The number of carbonyl (C=O) groups excluding carboxylic acids is 1. The van der Waals surface area contributed by atoms with E-state index in [4.69, 9.17) is 0 Å². The Morgan fingerprint density at radius 1 is 1.25 bits per heavy atom. The van der Waals surface area contributed by atoms with Crippen LogP contribution in [0.5, 0.6) is 5.75 Å². The number of hydrogen-bond acceptors (Lipinski definition) is 3. The number of halogens is 2. The largest absolute Gasteiger partial charge is 0.435 e. The summed E-state index contributed by atoms with van der Waals surface area (Å²) in [6.45, 7) is -0.739. The lowest BCUT2D eigenvalue weighted by atomic mass is 9.96. The Morgan fingerprint density at radius 3 is 2.75 bits per heavy atom. The second kappa shape index (κ2) is 8.57. The van der Waals surface area contributed by atoms with Crippen LogP contribution in [0.4, 0.5) is 8.78 Å². The molecule has 1 aromatic heterocycles. The zero-order chi connectivity index (χ0) is 19.5. The van der Waals surface area contributed by atoms with Gasteiger partial charge in [-0.25, -0.2) is 0 Å². The first-order chi connectivity index (χ1) is 13.6. The molecule has 1 fully saturated rings. The van der Waals surface area contributed by atoms with Gasteiger partial charge in [-0.3, -0.25) is 4.79 Å². The average Bonchev–Trinajstić information content (AvgIpc) is 3.38. The number of hydrogen-bond donors (Lipinski definition) is 2. The van der Waals surface area contributed by atoms with Crippen molar-refractivity contribution in [3.63, 3.8) is 0 Å². The van der Waals surface area contributed by atoms with Crippen LogP contribution < -0.4 is 15.0 Å². The normalized spacial score (nSPS) is 21.4. The summed E-state index contributed by atoms with van der Waals surface area (Å²) in [7, 11) is 0. The van der Waals surface area contributed by atoms with E-state index >= 15 is 0 Å². The fraction of sp³-hybridized carbons (Fsp3) is 0.476. The summed E-state index contributed by atoms with van der Waals surface area (Å²) in [5.74, 6) is 0.956. The van der Waals surface area contributed by atoms with E-state index in [2.05, 4.69) is 21.5 Å². The number of nitrogens with one attached hydrogen (secondary N) is 2. The van der Waals surface area contributed by atoms with Crippen LogP contribution in [-0.4, -0.2) is 32.2 Å². The molecule has 2 N–H and O–H groups in total. The summed E-state index contributed by atoms with van der Waals surface area (Å²) in [5, 5.41) is 5.20. The van der Waals surface area contributed by atoms with Crippen molar-refractivity contribution in [3.05, 3.63) is 51.7 Å². The molecule has 2 aromatic rings. The molecule has 1 unspecified atom stereocenters. The quantitative estimate of drug-likeness (QED) is 0.707. The number of thiophene rings is 1. The van der Waals surface area contributed by atoms with Crippen LogP contribution in [0, 0.1) is 5.92 Å². The number of benzene rings is 1. The maximum absolute atomic E-state index is 12.5. The third-order valence-electron chi connectivity index (χ3n) is 5.59. The minimum Gasteiger partial charge on any atom is -0.435 e. The predicted octanol–water partition coefficient (Wildman–Crippen LogP) is 2.60. The number of amides is 1. The molecule has 1 amide bonds. The molecule has 4 rings (SSSR count). The van der Waals surface area contributed by atoms with Gasteiger partial charge in [-0.05, 0) is 48.4 Å². The van der Waals surface area contributed by atoms with Gasteiger partial charge in [-0.15, -0.1) is 11.3 Å². The molecule has 0 spiro atoms. The van der Waals surface area contributed by atoms with Crippen LogP contribution in [0.2, 0.25) is 0 Å². The van der Waals surface area contributed by atoms with E-state index in [0.717, 1.165) is 24.4 Å². The average molecular weight is 408 g/mol. The molecule has 1 aliphatic carbocycles. The number of quaternary nitrogens is 1. The molecule has 0 radical (unpaired) electrons. The van der Waals surface area contributed by atoms with Gasteiger partial charge < -0.3 is 15.0 Å². The highest BCUT2D eigenvalue weighted by Crippen LogP contribution is 2.42. The van der Waals surface area contributed by atoms with Gasteiger partial charge in [0.05, 0.1) is 6.54 Å². The second-order valence-electron chi connectivity index (χ2n) is 7.57. The molecule has 1 aromatic carbocycles. The van der Waals surface area contributed by atoms with Crippen LogP contribution >= 0.6 is 11.3 Å². The molecule has 2 heterocycles. The summed E-state index contributed by atoms with van der Waals surface area (Å²) >= 11 is 1.85. The van der Waals surface area contributed by atoms with Gasteiger partial charge in [0, 0.05) is 29.3 Å². The van der Waals surface area contributed by atoms with Gasteiger partial charge >= 0.3 is 6.61 Å². The number of fused-ring (bicyclic) bond motifs is 1. The zero-order valence-corrected chi connectivity index (χ0v) is 16.4. The van der Waals surface area contributed by atoms with E-state index in [1.165, 1.54) is 40.3 Å². The summed E-state index contributed by atoms with van der Waals surface area (Å²) in [4.78, 5) is 15.4. The fourth-order valence-corrected chi connectivity index (χ4v) is 5.08. The van der Waals surface area contributed by atoms with Crippen LogP contribution in [0.3, 0.4) is 0 Å². The summed E-state index contributed by atoms with van der Waals surface area (Å²) in [6, 6.07) is 9.28. The van der Waals surface area contributed by atoms with Gasteiger partial charge in [0.2, 0.25) is 0 Å². The predicted molar refractivity (Wildman–Crippen MR) is 104 cm³/mol. The lowest BCUT2D eigenvalue weighted by molar-refractivity contribution is -0.928. The zero-order valence-electron chi connectivity index (χ0n) is 15.6. The van der Waals surface area contributed by atoms with E-state index < -0.39 is 6.61 Å². The van der Waals surface area contributed by atoms with Crippen molar-refractivity contribution < 1.29 is 23.2 Å². The number of carbonyl (C=O) groups is 1. The molecule has 2 atom stereocenters. The molecule has 0 saturated heterocycles. The Bertz CT molecular complexity index is 805. The summed E-state index contributed by atoms with van der Waals surface area (Å²) in [5.41, 5.74) is 2.44. The van der Waals surface area contributed by atoms with Crippen LogP contribution in [-0.2, 0) is 17.6 Å². The lowest BCUT2D eigenvalue weighted by Gasteiger charge is -2.32. The lowest BCUT2D eigenvalue weighted by Crippen LogP contribution is -3.14. The van der Waals surface area contributed by atoms with Gasteiger partial charge in [0.1, 0.15) is 11.8 Å². The van der Waals surface area contributed by atoms with E-state index in [9.17, 15) is 13.6 Å².